The van der Waals surface area contributed by atoms with Crippen LogP contribution in [-0.4, -0.2) is 57.1 Å². The van der Waals surface area contributed by atoms with E-state index in [4.69, 9.17) is 4.42 Å². The quantitative estimate of drug-likeness (QED) is 0.414. The minimum atomic E-state index is -0.475. The number of aryl methyl sites for hydroxylation is 1. The van der Waals surface area contributed by atoms with E-state index in [1.54, 1.807) is 12.3 Å². The molecule has 0 saturated carbocycles. The van der Waals surface area contributed by atoms with Crippen LogP contribution >= 0.6 is 0 Å². The maximum Gasteiger partial charge on any atom is 0.417 e. The van der Waals surface area contributed by atoms with E-state index in [0.717, 1.165) is 42.4 Å². The summed E-state index contributed by atoms with van der Waals surface area (Å²) in [7, 11) is 0. The lowest BCUT2D eigenvalue weighted by Gasteiger charge is -2.38. The van der Waals surface area contributed by atoms with Gasteiger partial charge in [-0.3, -0.25) is 9.88 Å². The Balaban J connectivity index is 1.15. The van der Waals surface area contributed by atoms with Crippen LogP contribution in [0.5, 0.6) is 0 Å². The standard InChI is InChI=1S/C24H26N8O2/c1-15-12-26-23(30-22(15)27-16-4-6-20-19(11-16)29-24(33)34-20)28-17-5-7-21(25-13-17)32-10-9-31-8-2-3-18(31)14-32/h4-7,11-13,18H,2-3,8-10,14H2,1H3,(H,29,33)(H2,26,27,28,30)/t18-/m1/s1. The number of H-pyrrole nitrogens is 1. The zero-order valence-corrected chi connectivity index (χ0v) is 18.9. The maximum absolute atomic E-state index is 11.4. The van der Waals surface area contributed by atoms with Gasteiger partial charge in [0, 0.05) is 43.1 Å². The number of hydrogen-bond acceptors (Lipinski definition) is 9. The predicted octanol–water partition coefficient (Wildman–Crippen LogP) is 3.39. The average Bonchev–Trinajstić information content (AvgIpc) is 3.46. The first-order valence-corrected chi connectivity index (χ1v) is 11.6. The maximum atomic E-state index is 11.4. The molecule has 2 saturated heterocycles. The summed E-state index contributed by atoms with van der Waals surface area (Å²) in [5, 5.41) is 6.53. The second-order valence-electron chi connectivity index (χ2n) is 8.88. The highest BCUT2D eigenvalue weighted by atomic mass is 16.4. The van der Waals surface area contributed by atoms with Crippen LogP contribution in [0.15, 0.2) is 51.9 Å². The van der Waals surface area contributed by atoms with Gasteiger partial charge in [-0.15, -0.1) is 0 Å². The molecule has 10 nitrogen and oxygen atoms in total. The van der Waals surface area contributed by atoms with Gasteiger partial charge in [0.05, 0.1) is 17.4 Å². The molecule has 3 N–H and O–H groups in total. The number of fused-ring (bicyclic) bond motifs is 2. The molecule has 0 radical (unpaired) electrons. The van der Waals surface area contributed by atoms with Gasteiger partial charge in [-0.25, -0.2) is 14.8 Å². The van der Waals surface area contributed by atoms with Crippen molar-refractivity contribution in [1.29, 1.82) is 0 Å². The Hall–Kier alpha value is -3.92. The monoisotopic (exact) mass is 458 g/mol. The fourth-order valence-corrected chi connectivity index (χ4v) is 4.77. The Morgan fingerprint density at radius 3 is 2.85 bits per heavy atom. The van der Waals surface area contributed by atoms with Crippen molar-refractivity contribution in [3.8, 4) is 0 Å². The molecule has 174 valence electrons. The van der Waals surface area contributed by atoms with Gasteiger partial charge in [-0.2, -0.15) is 4.98 Å². The first-order valence-electron chi connectivity index (χ1n) is 11.6. The summed E-state index contributed by atoms with van der Waals surface area (Å²) >= 11 is 0. The van der Waals surface area contributed by atoms with Crippen molar-refractivity contribution >= 4 is 40.1 Å². The Kier molecular flexibility index (Phi) is 5.14. The van der Waals surface area contributed by atoms with Crippen LogP contribution in [0.3, 0.4) is 0 Å². The summed E-state index contributed by atoms with van der Waals surface area (Å²) in [6.07, 6.45) is 6.18. The number of anilines is 5. The van der Waals surface area contributed by atoms with E-state index in [0.29, 0.717) is 28.9 Å². The number of hydrogen-bond donors (Lipinski definition) is 3. The highest BCUT2D eigenvalue weighted by Crippen LogP contribution is 2.26. The van der Waals surface area contributed by atoms with Crippen molar-refractivity contribution in [2.24, 2.45) is 0 Å². The first-order chi connectivity index (χ1) is 16.6. The Bertz CT molecular complexity index is 1380. The van der Waals surface area contributed by atoms with Crippen molar-refractivity contribution in [3.05, 3.63) is 58.8 Å². The SMILES string of the molecule is Cc1cnc(Nc2ccc(N3CCN4CCC[C@@H]4C3)nc2)nc1Nc1ccc2oc(=O)[nH]c2c1. The van der Waals surface area contributed by atoms with Crippen LogP contribution in [0.1, 0.15) is 18.4 Å². The molecule has 0 aliphatic carbocycles. The summed E-state index contributed by atoms with van der Waals surface area (Å²) in [6, 6.07) is 10.1. The number of pyridine rings is 1. The van der Waals surface area contributed by atoms with Crippen molar-refractivity contribution in [1.82, 2.24) is 24.8 Å². The van der Waals surface area contributed by atoms with E-state index in [2.05, 4.69) is 46.4 Å². The molecule has 34 heavy (non-hydrogen) atoms. The molecule has 0 unspecified atom stereocenters. The van der Waals surface area contributed by atoms with E-state index in [1.165, 1.54) is 19.4 Å². The summed E-state index contributed by atoms with van der Waals surface area (Å²) < 4.78 is 5.06. The van der Waals surface area contributed by atoms with E-state index in [-0.39, 0.29) is 0 Å². The molecule has 1 aromatic carbocycles. The molecular formula is C24H26N8O2. The van der Waals surface area contributed by atoms with Crippen LogP contribution in [-0.2, 0) is 0 Å². The molecule has 6 rings (SSSR count). The predicted molar refractivity (Wildman–Crippen MR) is 131 cm³/mol. The lowest BCUT2D eigenvalue weighted by atomic mass is 10.1. The van der Waals surface area contributed by atoms with Gasteiger partial charge in [-0.05, 0) is 56.6 Å². The molecule has 3 aromatic heterocycles. The van der Waals surface area contributed by atoms with Crippen LogP contribution in [0, 0.1) is 6.92 Å². The lowest BCUT2D eigenvalue weighted by Crippen LogP contribution is -2.50. The molecule has 2 aliphatic rings. The second kappa shape index (κ2) is 8.45. The molecule has 0 bridgehead atoms. The number of nitrogens with zero attached hydrogens (tertiary/aromatic N) is 5. The zero-order chi connectivity index (χ0) is 23.1. The normalized spacial score (nSPS) is 18.3. The smallest absolute Gasteiger partial charge is 0.408 e. The van der Waals surface area contributed by atoms with E-state index in [1.807, 2.05) is 31.3 Å². The van der Waals surface area contributed by atoms with Gasteiger partial charge in [0.1, 0.15) is 11.6 Å². The lowest BCUT2D eigenvalue weighted by molar-refractivity contribution is 0.230. The molecule has 0 spiro atoms. The molecule has 5 heterocycles. The summed E-state index contributed by atoms with van der Waals surface area (Å²) in [6.45, 7) is 6.35. The number of rotatable bonds is 5. The van der Waals surface area contributed by atoms with Crippen LogP contribution in [0.25, 0.3) is 11.1 Å². The Morgan fingerprint density at radius 1 is 1.06 bits per heavy atom. The zero-order valence-electron chi connectivity index (χ0n) is 18.9. The minimum absolute atomic E-state index is 0.472. The largest absolute Gasteiger partial charge is 0.417 e. The number of piperazine rings is 1. The third-order valence-electron chi connectivity index (χ3n) is 6.57. The van der Waals surface area contributed by atoms with Crippen molar-refractivity contribution in [3.63, 3.8) is 0 Å². The number of aromatic amines is 1. The van der Waals surface area contributed by atoms with Gasteiger partial charge < -0.3 is 20.0 Å². The van der Waals surface area contributed by atoms with Gasteiger partial charge in [0.25, 0.3) is 0 Å². The van der Waals surface area contributed by atoms with Crippen LogP contribution in [0.2, 0.25) is 0 Å². The molecule has 2 fully saturated rings. The van der Waals surface area contributed by atoms with Gasteiger partial charge in [0.15, 0.2) is 5.58 Å². The van der Waals surface area contributed by atoms with Gasteiger partial charge >= 0.3 is 5.76 Å². The summed E-state index contributed by atoms with van der Waals surface area (Å²) in [5.41, 5.74) is 3.64. The summed E-state index contributed by atoms with van der Waals surface area (Å²) in [5.74, 6) is 1.68. The molecule has 4 aromatic rings. The van der Waals surface area contributed by atoms with Crippen molar-refractivity contribution in [2.45, 2.75) is 25.8 Å². The molecular weight excluding hydrogens is 432 g/mol. The van der Waals surface area contributed by atoms with Crippen molar-refractivity contribution < 1.29 is 4.42 Å². The molecule has 1 atom stereocenters. The van der Waals surface area contributed by atoms with Gasteiger partial charge in [0.2, 0.25) is 5.95 Å². The van der Waals surface area contributed by atoms with Crippen LogP contribution in [0.4, 0.5) is 29.0 Å². The first kappa shape index (κ1) is 20.7. The van der Waals surface area contributed by atoms with Crippen LogP contribution < -0.4 is 21.3 Å². The topological polar surface area (TPSA) is 115 Å². The highest BCUT2D eigenvalue weighted by Gasteiger charge is 2.30. The van der Waals surface area contributed by atoms with E-state index >= 15 is 0 Å². The van der Waals surface area contributed by atoms with E-state index < -0.39 is 5.76 Å². The number of aromatic nitrogens is 4. The third kappa shape index (κ3) is 4.08. The van der Waals surface area contributed by atoms with E-state index in [9.17, 15) is 4.79 Å². The van der Waals surface area contributed by atoms with Gasteiger partial charge in [-0.1, -0.05) is 0 Å². The second-order valence-corrected chi connectivity index (χ2v) is 8.88. The molecule has 2 aliphatic heterocycles. The number of oxazole rings is 1. The average molecular weight is 459 g/mol. The fourth-order valence-electron chi connectivity index (χ4n) is 4.77. The fraction of sp³-hybridized carbons (Fsp3) is 0.333. The molecule has 10 heteroatoms. The molecule has 0 amide bonds. The highest BCUT2D eigenvalue weighted by molar-refractivity contribution is 5.78. The van der Waals surface area contributed by atoms with Crippen molar-refractivity contribution in [2.75, 3.05) is 41.7 Å². The number of benzene rings is 1. The minimum Gasteiger partial charge on any atom is -0.408 e. The number of nitrogens with one attached hydrogen (secondary N) is 3. The third-order valence-corrected chi connectivity index (χ3v) is 6.57. The Labute approximate surface area is 196 Å². The summed E-state index contributed by atoms with van der Waals surface area (Å²) in [4.78, 5) is 32.8. The Morgan fingerprint density at radius 2 is 1.97 bits per heavy atom.